The van der Waals surface area contributed by atoms with Crippen molar-refractivity contribution in [1.29, 1.82) is 0 Å². The number of phenolic OH excluding ortho intramolecular Hbond substituents is 4. The van der Waals surface area contributed by atoms with Gasteiger partial charge in [-0.2, -0.15) is 0 Å². The molecule has 0 radical (unpaired) electrons. The van der Waals surface area contributed by atoms with Gasteiger partial charge in [-0.15, -0.1) is 0 Å². The molecule has 13 nitrogen and oxygen atoms in total. The van der Waals surface area contributed by atoms with E-state index >= 15 is 0 Å². The summed E-state index contributed by atoms with van der Waals surface area (Å²) >= 11 is 0. The normalized spacial score (nSPS) is 24.4. The topological polar surface area (TPSA) is 220 Å². The number of fused-ring (bicyclic) bond motifs is 1. The van der Waals surface area contributed by atoms with Crippen molar-refractivity contribution in [3.8, 4) is 45.8 Å². The minimum Gasteiger partial charge on any atom is -0.504 e. The van der Waals surface area contributed by atoms with E-state index < -0.39 is 76.9 Å². The summed E-state index contributed by atoms with van der Waals surface area (Å²) in [5.74, 6) is -3.91. The molecule has 8 N–H and O–H groups in total. The molecule has 188 valence electrons. The molecular formula is C22H22O13. The van der Waals surface area contributed by atoms with Gasteiger partial charge in [0.05, 0.1) is 13.7 Å². The first-order valence-electron chi connectivity index (χ1n) is 10.2. The summed E-state index contributed by atoms with van der Waals surface area (Å²) in [6, 6.07) is 4.58. The number of aliphatic hydroxyl groups is 4. The summed E-state index contributed by atoms with van der Waals surface area (Å²) in [6.45, 7) is -0.725. The molecule has 0 unspecified atom stereocenters. The summed E-state index contributed by atoms with van der Waals surface area (Å²) in [7, 11) is 1.16. The molecule has 1 aromatic heterocycles. The maximum atomic E-state index is 13.0. The fraction of sp³-hybridized carbons (Fsp3) is 0.318. The van der Waals surface area contributed by atoms with Crippen LogP contribution in [0.25, 0.3) is 22.3 Å². The zero-order valence-corrected chi connectivity index (χ0v) is 18.0. The molecule has 3 aromatic rings. The molecule has 0 saturated carbocycles. The predicted molar refractivity (Wildman–Crippen MR) is 116 cm³/mol. The minimum absolute atomic E-state index is 0.125. The van der Waals surface area contributed by atoms with E-state index in [0.717, 1.165) is 25.3 Å². The van der Waals surface area contributed by atoms with Crippen LogP contribution in [0.5, 0.6) is 34.5 Å². The van der Waals surface area contributed by atoms with E-state index in [-0.39, 0.29) is 22.7 Å². The standard InChI is InChI=1S/C22H22O13/c1-32-21-17(29)13-10(33-20(21)7-2-3-8(24)9(25)4-7)5-11(14(26)16(13)28)34-22-19(31)18(30)15(27)12(6-23)35-22/h2-5,12,15,18-19,22-28,30-31H,6H2,1H3/t12-,15+,18-,19+,22+/m0/s1. The maximum Gasteiger partial charge on any atom is 0.239 e. The minimum atomic E-state index is -1.82. The van der Waals surface area contributed by atoms with Gasteiger partial charge in [0.1, 0.15) is 35.4 Å². The number of methoxy groups -OCH3 is 1. The third-order valence-corrected chi connectivity index (χ3v) is 5.59. The first kappa shape index (κ1) is 24.4. The first-order valence-corrected chi connectivity index (χ1v) is 10.2. The second kappa shape index (κ2) is 9.13. The average Bonchev–Trinajstić information content (AvgIpc) is 2.83. The van der Waals surface area contributed by atoms with Gasteiger partial charge in [0.25, 0.3) is 0 Å². The highest BCUT2D eigenvalue weighted by molar-refractivity contribution is 5.91. The van der Waals surface area contributed by atoms with Gasteiger partial charge in [0.15, 0.2) is 28.8 Å². The molecule has 0 spiro atoms. The Bertz CT molecular complexity index is 1320. The number of ether oxygens (including phenoxy) is 3. The molecule has 35 heavy (non-hydrogen) atoms. The highest BCUT2D eigenvalue weighted by Gasteiger charge is 2.45. The van der Waals surface area contributed by atoms with Gasteiger partial charge in [-0.25, -0.2) is 0 Å². The van der Waals surface area contributed by atoms with Crippen LogP contribution in [0.15, 0.2) is 33.5 Å². The van der Waals surface area contributed by atoms with Gasteiger partial charge in [-0.3, -0.25) is 4.79 Å². The van der Waals surface area contributed by atoms with E-state index in [0.29, 0.717) is 0 Å². The van der Waals surface area contributed by atoms with Crippen molar-refractivity contribution in [3.05, 3.63) is 34.5 Å². The number of benzene rings is 2. The van der Waals surface area contributed by atoms with Crippen LogP contribution in [0.1, 0.15) is 0 Å². The lowest BCUT2D eigenvalue weighted by Crippen LogP contribution is -2.60. The Morgan fingerprint density at radius 3 is 2.29 bits per heavy atom. The molecule has 0 aliphatic carbocycles. The van der Waals surface area contributed by atoms with Crippen LogP contribution in [0.4, 0.5) is 0 Å². The molecule has 1 aliphatic rings. The summed E-state index contributed by atoms with van der Waals surface area (Å²) in [5.41, 5.74) is -1.07. The summed E-state index contributed by atoms with van der Waals surface area (Å²) < 4.78 is 21.4. The maximum absolute atomic E-state index is 13.0. The first-order chi connectivity index (χ1) is 16.6. The third-order valence-electron chi connectivity index (χ3n) is 5.59. The van der Waals surface area contributed by atoms with Gasteiger partial charge in [0.2, 0.25) is 23.2 Å². The molecule has 1 aliphatic heterocycles. The number of aliphatic hydroxyl groups excluding tert-OH is 4. The lowest BCUT2D eigenvalue weighted by atomic mass is 9.99. The summed E-state index contributed by atoms with van der Waals surface area (Å²) in [6.07, 6.45) is -8.23. The second-order valence-electron chi connectivity index (χ2n) is 7.76. The van der Waals surface area contributed by atoms with Crippen LogP contribution in [0, 0.1) is 0 Å². The zero-order valence-electron chi connectivity index (χ0n) is 18.0. The quantitative estimate of drug-likeness (QED) is 0.209. The van der Waals surface area contributed by atoms with Crippen LogP contribution in [-0.2, 0) is 4.74 Å². The number of hydrogen-bond donors (Lipinski definition) is 8. The molecule has 0 bridgehead atoms. The Morgan fingerprint density at radius 1 is 0.943 bits per heavy atom. The monoisotopic (exact) mass is 494 g/mol. The molecule has 2 aromatic carbocycles. The highest BCUT2D eigenvalue weighted by Crippen LogP contribution is 2.44. The van der Waals surface area contributed by atoms with Crippen LogP contribution >= 0.6 is 0 Å². The van der Waals surface area contributed by atoms with Gasteiger partial charge >= 0.3 is 0 Å². The molecule has 5 atom stereocenters. The van der Waals surface area contributed by atoms with E-state index in [2.05, 4.69) is 0 Å². The van der Waals surface area contributed by atoms with E-state index in [9.17, 15) is 45.6 Å². The second-order valence-corrected chi connectivity index (χ2v) is 7.76. The van der Waals surface area contributed by atoms with Gasteiger partial charge in [-0.05, 0) is 18.2 Å². The van der Waals surface area contributed by atoms with Crippen molar-refractivity contribution < 1.29 is 59.5 Å². The lowest BCUT2D eigenvalue weighted by molar-refractivity contribution is -0.277. The Hall–Kier alpha value is -3.75. The lowest BCUT2D eigenvalue weighted by Gasteiger charge is -2.39. The number of rotatable bonds is 5. The Labute approximate surface area is 195 Å². The number of phenols is 4. The van der Waals surface area contributed by atoms with Crippen LogP contribution < -0.4 is 14.9 Å². The van der Waals surface area contributed by atoms with Gasteiger partial charge in [0, 0.05) is 11.6 Å². The molecule has 1 saturated heterocycles. The van der Waals surface area contributed by atoms with E-state index in [4.69, 9.17) is 18.6 Å². The zero-order chi connectivity index (χ0) is 25.6. The molecule has 0 amide bonds. The predicted octanol–water partition coefficient (Wildman–Crippen LogP) is -0.530. The van der Waals surface area contributed by atoms with Crippen molar-refractivity contribution in [3.63, 3.8) is 0 Å². The smallest absolute Gasteiger partial charge is 0.239 e. The highest BCUT2D eigenvalue weighted by atomic mass is 16.7. The Balaban J connectivity index is 1.84. The van der Waals surface area contributed by atoms with Crippen LogP contribution in [-0.4, -0.2) is 85.3 Å². The third kappa shape index (κ3) is 4.05. The summed E-state index contributed by atoms with van der Waals surface area (Å²) in [5, 5.41) is 79.2. The molecule has 4 rings (SSSR count). The number of aromatic hydroxyl groups is 4. The van der Waals surface area contributed by atoms with Gasteiger partial charge in [-0.1, -0.05) is 0 Å². The SMILES string of the molecule is COc1c(-c2ccc(O)c(O)c2)oc2cc(O[C@@H]3O[C@@H](CO)[C@@H](O)[C@H](O)[C@H]3O)c(O)c(O)c2c1=O. The molecule has 13 heteroatoms. The van der Waals surface area contributed by atoms with Crippen molar-refractivity contribution in [2.24, 2.45) is 0 Å². The van der Waals surface area contributed by atoms with E-state index in [1.54, 1.807) is 0 Å². The largest absolute Gasteiger partial charge is 0.504 e. The van der Waals surface area contributed by atoms with E-state index in [1.807, 2.05) is 0 Å². The molecular weight excluding hydrogens is 472 g/mol. The van der Waals surface area contributed by atoms with E-state index in [1.165, 1.54) is 6.07 Å². The summed E-state index contributed by atoms with van der Waals surface area (Å²) in [4.78, 5) is 13.0. The van der Waals surface area contributed by atoms with Crippen molar-refractivity contribution in [2.45, 2.75) is 30.7 Å². The molecule has 1 fully saturated rings. The number of hydrogen-bond acceptors (Lipinski definition) is 13. The van der Waals surface area contributed by atoms with Gasteiger partial charge < -0.3 is 59.5 Å². The fourth-order valence-corrected chi connectivity index (χ4v) is 3.70. The molecule has 2 heterocycles. The van der Waals surface area contributed by atoms with Crippen LogP contribution in [0.3, 0.4) is 0 Å². The van der Waals surface area contributed by atoms with Crippen molar-refractivity contribution >= 4 is 11.0 Å². The van der Waals surface area contributed by atoms with Crippen molar-refractivity contribution in [1.82, 2.24) is 0 Å². The Kier molecular flexibility index (Phi) is 6.36. The fourth-order valence-electron chi connectivity index (χ4n) is 3.70. The van der Waals surface area contributed by atoms with Crippen LogP contribution in [0.2, 0.25) is 0 Å². The van der Waals surface area contributed by atoms with Crippen molar-refractivity contribution in [2.75, 3.05) is 13.7 Å². The average molecular weight is 494 g/mol. The Morgan fingerprint density at radius 2 is 1.66 bits per heavy atom.